The van der Waals surface area contributed by atoms with Gasteiger partial charge in [0, 0.05) is 22.5 Å². The second-order valence-corrected chi connectivity index (χ2v) is 8.76. The van der Waals surface area contributed by atoms with Crippen molar-refractivity contribution in [2.45, 2.75) is 18.9 Å². The van der Waals surface area contributed by atoms with Crippen molar-refractivity contribution in [3.63, 3.8) is 0 Å². The average Bonchev–Trinajstić information content (AvgIpc) is 3.34. The summed E-state index contributed by atoms with van der Waals surface area (Å²) < 4.78 is 20.5. The van der Waals surface area contributed by atoms with E-state index in [1.807, 2.05) is 0 Å². The topological polar surface area (TPSA) is 96.5 Å². The molecular formula is C23H20BrClFN5O3. The number of likely N-dealkylation sites (tertiary alicyclic amines) is 1. The van der Waals surface area contributed by atoms with Gasteiger partial charge >= 0.3 is 0 Å². The van der Waals surface area contributed by atoms with Crippen molar-refractivity contribution < 1.29 is 18.7 Å². The molecule has 1 aliphatic heterocycles. The molecule has 1 aromatic heterocycles. The summed E-state index contributed by atoms with van der Waals surface area (Å²) in [5.74, 6) is -0.591. The molecule has 2 N–H and O–H groups in total. The molecule has 0 aliphatic carbocycles. The zero-order valence-corrected chi connectivity index (χ0v) is 20.4. The fraction of sp³-hybridized carbons (Fsp3) is 0.217. The Hall–Kier alpha value is -3.24. The Morgan fingerprint density at radius 2 is 2.12 bits per heavy atom. The quantitative estimate of drug-likeness (QED) is 0.330. The largest absolute Gasteiger partial charge is 0.494 e. The Morgan fingerprint density at radius 1 is 1.32 bits per heavy atom. The minimum atomic E-state index is -0.641. The van der Waals surface area contributed by atoms with E-state index in [1.165, 1.54) is 30.5 Å². The maximum absolute atomic E-state index is 14.6. The van der Waals surface area contributed by atoms with Crippen molar-refractivity contribution in [3.8, 4) is 5.75 Å². The molecule has 0 radical (unpaired) electrons. The van der Waals surface area contributed by atoms with Gasteiger partial charge in [0.1, 0.15) is 23.9 Å². The summed E-state index contributed by atoms with van der Waals surface area (Å²) in [5.41, 5.74) is 1.00. The number of methoxy groups -OCH3 is 1. The summed E-state index contributed by atoms with van der Waals surface area (Å²) in [5, 5.41) is 6.24. The molecule has 1 atom stereocenters. The highest BCUT2D eigenvalue weighted by Gasteiger charge is 2.33. The molecular weight excluding hydrogens is 529 g/mol. The third-order valence-electron chi connectivity index (χ3n) is 5.52. The number of benzene rings is 2. The van der Waals surface area contributed by atoms with Gasteiger partial charge in [-0.3, -0.25) is 9.59 Å². The molecule has 0 saturated carbocycles. The van der Waals surface area contributed by atoms with Gasteiger partial charge in [-0.15, -0.1) is 0 Å². The van der Waals surface area contributed by atoms with E-state index in [1.54, 1.807) is 18.2 Å². The van der Waals surface area contributed by atoms with E-state index in [9.17, 15) is 14.0 Å². The number of aromatic nitrogens is 2. The van der Waals surface area contributed by atoms with E-state index >= 15 is 0 Å². The second-order valence-electron chi connectivity index (χ2n) is 7.52. The molecule has 8 nitrogen and oxygen atoms in total. The highest BCUT2D eigenvalue weighted by atomic mass is 79.9. The second kappa shape index (κ2) is 9.94. The molecule has 34 heavy (non-hydrogen) atoms. The third-order valence-corrected chi connectivity index (χ3v) is 6.77. The smallest absolute Gasteiger partial charge is 0.247 e. The van der Waals surface area contributed by atoms with Crippen LogP contribution in [0.4, 0.5) is 21.6 Å². The van der Waals surface area contributed by atoms with Crippen LogP contribution in [-0.2, 0) is 9.59 Å². The van der Waals surface area contributed by atoms with Crippen LogP contribution in [0.1, 0.15) is 12.8 Å². The van der Waals surface area contributed by atoms with Crippen LogP contribution in [0, 0.1) is 5.82 Å². The summed E-state index contributed by atoms with van der Waals surface area (Å²) in [4.78, 5) is 35.1. The first-order valence-corrected chi connectivity index (χ1v) is 11.5. The molecule has 0 spiro atoms. The van der Waals surface area contributed by atoms with Gasteiger partial charge in [-0.05, 0) is 53.0 Å². The lowest BCUT2D eigenvalue weighted by Crippen LogP contribution is -2.42. The molecule has 0 bridgehead atoms. The lowest BCUT2D eigenvalue weighted by atomic mass is 10.1. The van der Waals surface area contributed by atoms with E-state index in [-0.39, 0.29) is 22.5 Å². The molecule has 176 valence electrons. The SMILES string of the molecule is C=CC(=O)N1CCC[C@H]1C(=O)Nc1cc2c(Nc3ccc(Br)c(Cl)c3F)ncnc2cc1OC. The van der Waals surface area contributed by atoms with Gasteiger partial charge < -0.3 is 20.3 Å². The molecule has 2 heterocycles. The molecule has 3 aromatic rings. The summed E-state index contributed by atoms with van der Waals surface area (Å²) in [6, 6.07) is 5.81. The Morgan fingerprint density at radius 3 is 2.85 bits per heavy atom. The van der Waals surface area contributed by atoms with E-state index in [4.69, 9.17) is 16.3 Å². The van der Waals surface area contributed by atoms with E-state index < -0.39 is 11.9 Å². The van der Waals surface area contributed by atoms with Gasteiger partial charge in [-0.1, -0.05) is 18.2 Å². The van der Waals surface area contributed by atoms with Crippen LogP contribution in [0.15, 0.2) is 47.7 Å². The minimum Gasteiger partial charge on any atom is -0.494 e. The van der Waals surface area contributed by atoms with Crippen LogP contribution in [0.3, 0.4) is 0 Å². The number of nitrogens with zero attached hydrogens (tertiary/aromatic N) is 3. The van der Waals surface area contributed by atoms with Crippen LogP contribution < -0.4 is 15.4 Å². The number of carbonyl (C=O) groups is 2. The van der Waals surface area contributed by atoms with Crippen LogP contribution in [-0.4, -0.2) is 46.4 Å². The van der Waals surface area contributed by atoms with Crippen molar-refractivity contribution in [1.82, 2.24) is 14.9 Å². The van der Waals surface area contributed by atoms with Gasteiger partial charge in [0.05, 0.1) is 29.0 Å². The number of nitrogens with one attached hydrogen (secondary N) is 2. The first kappa shape index (κ1) is 23.9. The highest BCUT2D eigenvalue weighted by molar-refractivity contribution is 9.10. The highest BCUT2D eigenvalue weighted by Crippen LogP contribution is 2.36. The Balaban J connectivity index is 1.69. The molecule has 0 unspecified atom stereocenters. The van der Waals surface area contributed by atoms with Crippen molar-refractivity contribution in [2.24, 2.45) is 0 Å². The number of halogens is 3. The Bertz CT molecular complexity index is 1310. The number of carbonyl (C=O) groups excluding carboxylic acids is 2. The number of hydrogen-bond acceptors (Lipinski definition) is 6. The number of fused-ring (bicyclic) bond motifs is 1. The zero-order chi connectivity index (χ0) is 24.4. The molecule has 2 amide bonds. The zero-order valence-electron chi connectivity index (χ0n) is 18.1. The summed E-state index contributed by atoms with van der Waals surface area (Å²) >= 11 is 9.19. The standard InChI is InChI=1S/C23H20BrClFN5O3/c1-3-19(32)31-8-4-5-17(31)23(33)30-16-9-12-15(10-18(16)34-2)27-11-28-22(12)29-14-7-6-13(24)20(25)21(14)26/h3,6-7,9-11,17H,1,4-5,8H2,2H3,(H,30,33)(H,27,28,29)/t17-/m0/s1. The number of rotatable bonds is 6. The van der Waals surface area contributed by atoms with Crippen molar-refractivity contribution in [3.05, 3.63) is 58.6 Å². The van der Waals surface area contributed by atoms with Gasteiger partial charge in [0.25, 0.3) is 0 Å². The van der Waals surface area contributed by atoms with Gasteiger partial charge in [0.2, 0.25) is 11.8 Å². The fourth-order valence-corrected chi connectivity index (χ4v) is 4.31. The number of hydrogen-bond donors (Lipinski definition) is 2. The van der Waals surface area contributed by atoms with Gasteiger partial charge in [0.15, 0.2) is 5.82 Å². The average molecular weight is 549 g/mol. The Labute approximate surface area is 208 Å². The molecule has 1 aliphatic rings. The van der Waals surface area contributed by atoms with E-state index in [0.717, 1.165) is 6.42 Å². The number of ether oxygens (including phenoxy) is 1. The van der Waals surface area contributed by atoms with Crippen LogP contribution >= 0.6 is 27.5 Å². The number of anilines is 3. The van der Waals surface area contributed by atoms with Crippen LogP contribution in [0.2, 0.25) is 5.02 Å². The maximum Gasteiger partial charge on any atom is 0.247 e. The fourth-order valence-electron chi connectivity index (χ4n) is 3.84. The Kier molecular flexibility index (Phi) is 6.99. The minimum absolute atomic E-state index is 0.0619. The summed E-state index contributed by atoms with van der Waals surface area (Å²) in [6.45, 7) is 3.99. The molecule has 11 heteroatoms. The van der Waals surface area contributed by atoms with Gasteiger partial charge in [-0.25, -0.2) is 14.4 Å². The van der Waals surface area contributed by atoms with Crippen molar-refractivity contribution >= 4 is 67.4 Å². The third kappa shape index (κ3) is 4.55. The maximum atomic E-state index is 14.6. The predicted molar refractivity (Wildman–Crippen MR) is 132 cm³/mol. The van der Waals surface area contributed by atoms with E-state index in [2.05, 4.69) is 43.1 Å². The summed E-state index contributed by atoms with van der Waals surface area (Å²) in [7, 11) is 1.47. The van der Waals surface area contributed by atoms with Crippen molar-refractivity contribution in [1.29, 1.82) is 0 Å². The van der Waals surface area contributed by atoms with Crippen LogP contribution in [0.25, 0.3) is 10.9 Å². The van der Waals surface area contributed by atoms with E-state index in [0.29, 0.717) is 45.6 Å². The van der Waals surface area contributed by atoms with Crippen molar-refractivity contribution in [2.75, 3.05) is 24.3 Å². The number of amides is 2. The normalized spacial score (nSPS) is 15.3. The summed E-state index contributed by atoms with van der Waals surface area (Å²) in [6.07, 6.45) is 3.79. The molecule has 4 rings (SSSR count). The van der Waals surface area contributed by atoms with Crippen LogP contribution in [0.5, 0.6) is 5.75 Å². The lowest BCUT2D eigenvalue weighted by molar-refractivity contribution is -0.132. The first-order valence-electron chi connectivity index (χ1n) is 10.3. The predicted octanol–water partition coefficient (Wildman–Crippen LogP) is 5.05. The molecule has 2 aromatic carbocycles. The van der Waals surface area contributed by atoms with Gasteiger partial charge in [-0.2, -0.15) is 0 Å². The monoisotopic (exact) mass is 547 g/mol. The lowest BCUT2D eigenvalue weighted by Gasteiger charge is -2.23. The first-order chi connectivity index (χ1) is 16.3. The molecule has 1 saturated heterocycles. The molecule has 1 fully saturated rings.